The minimum atomic E-state index is -0.242. The quantitative estimate of drug-likeness (QED) is 0.361. The number of nitrogens with zero attached hydrogens (tertiary/aromatic N) is 5. The largest absolute Gasteiger partial charge is 0.375 e. The molecule has 2 heterocycles. The van der Waals surface area contributed by atoms with Crippen LogP contribution in [0.2, 0.25) is 0 Å². The van der Waals surface area contributed by atoms with E-state index < -0.39 is 0 Å². The van der Waals surface area contributed by atoms with Gasteiger partial charge < -0.3 is 25.3 Å². The number of nitrogens with one attached hydrogen (secondary N) is 1. The Kier molecular flexibility index (Phi) is 7.76. The van der Waals surface area contributed by atoms with Crippen LogP contribution in [0.1, 0.15) is 23.1 Å². The lowest BCUT2D eigenvalue weighted by molar-refractivity contribution is 0.315. The third kappa shape index (κ3) is 5.85. The number of benzene rings is 2. The van der Waals surface area contributed by atoms with Crippen molar-refractivity contribution in [3.8, 4) is 0 Å². The fraction of sp³-hybridized carbons (Fsp3) is 0.462. The van der Waals surface area contributed by atoms with Gasteiger partial charge in [0.05, 0.1) is 11.9 Å². The van der Waals surface area contributed by atoms with Crippen molar-refractivity contribution in [2.75, 3.05) is 68.1 Å². The zero-order chi connectivity index (χ0) is 25.1. The molecular weight excluding hydrogens is 461 g/mol. The molecule has 1 unspecified atom stereocenters. The molecular formula is C26H36FN7S. The molecule has 188 valence electrons. The van der Waals surface area contributed by atoms with E-state index in [0.29, 0.717) is 17.3 Å². The predicted molar refractivity (Wildman–Crippen MR) is 149 cm³/mol. The van der Waals surface area contributed by atoms with Crippen LogP contribution in [0.5, 0.6) is 0 Å². The van der Waals surface area contributed by atoms with Crippen LogP contribution < -0.4 is 25.9 Å². The van der Waals surface area contributed by atoms with Crippen LogP contribution in [-0.4, -0.2) is 75.6 Å². The van der Waals surface area contributed by atoms with Crippen LogP contribution in [0.4, 0.5) is 21.5 Å². The molecule has 2 aromatic carbocycles. The molecule has 3 N–H and O–H groups in total. The van der Waals surface area contributed by atoms with Crippen LogP contribution >= 0.6 is 12.2 Å². The van der Waals surface area contributed by atoms with E-state index in [1.807, 2.05) is 6.07 Å². The van der Waals surface area contributed by atoms with Crippen molar-refractivity contribution in [1.29, 1.82) is 0 Å². The van der Waals surface area contributed by atoms with Crippen molar-refractivity contribution in [2.24, 2.45) is 10.8 Å². The maximum Gasteiger partial charge on any atom is 0.184 e. The lowest BCUT2D eigenvalue weighted by Gasteiger charge is -2.38. The molecule has 9 heteroatoms. The van der Waals surface area contributed by atoms with Gasteiger partial charge in [0.2, 0.25) is 0 Å². The third-order valence-corrected chi connectivity index (χ3v) is 7.28. The molecule has 0 spiro atoms. The number of nitrogens with two attached hydrogens (primary N) is 1. The Labute approximate surface area is 213 Å². The molecule has 0 radical (unpaired) electrons. The normalized spacial score (nSPS) is 18.7. The van der Waals surface area contributed by atoms with Gasteiger partial charge in [0.1, 0.15) is 5.82 Å². The van der Waals surface area contributed by atoms with E-state index in [1.165, 1.54) is 16.8 Å². The smallest absolute Gasteiger partial charge is 0.184 e. The molecule has 0 aromatic heterocycles. The summed E-state index contributed by atoms with van der Waals surface area (Å²) in [7, 11) is 4.21. The molecule has 2 saturated heterocycles. The second-order valence-corrected chi connectivity index (χ2v) is 10.1. The zero-order valence-corrected chi connectivity index (χ0v) is 21.9. The van der Waals surface area contributed by atoms with Gasteiger partial charge >= 0.3 is 0 Å². The molecule has 0 aliphatic carbocycles. The highest BCUT2D eigenvalue weighted by Crippen LogP contribution is 2.33. The number of piperazine rings is 1. The molecule has 4 rings (SSSR count). The van der Waals surface area contributed by atoms with Crippen LogP contribution in [0, 0.1) is 19.7 Å². The second kappa shape index (κ2) is 10.8. The number of halogens is 1. The molecule has 7 nitrogen and oxygen atoms in total. The average Bonchev–Trinajstić information content (AvgIpc) is 3.31. The summed E-state index contributed by atoms with van der Waals surface area (Å²) >= 11 is 4.84. The Bertz CT molecular complexity index is 1100. The van der Waals surface area contributed by atoms with Gasteiger partial charge in [-0.05, 0) is 82.0 Å². The molecule has 2 aliphatic heterocycles. The Morgan fingerprint density at radius 2 is 1.74 bits per heavy atom. The van der Waals surface area contributed by atoms with E-state index in [4.69, 9.17) is 18.0 Å². The van der Waals surface area contributed by atoms with Crippen LogP contribution in [-0.2, 0) is 0 Å². The number of rotatable bonds is 6. The summed E-state index contributed by atoms with van der Waals surface area (Å²) in [4.78, 5) is 9.11. The first-order valence-electron chi connectivity index (χ1n) is 12.1. The maximum absolute atomic E-state index is 15.4. The average molecular weight is 498 g/mol. The summed E-state index contributed by atoms with van der Waals surface area (Å²) in [5.74, 6) is -0.242. The molecule has 0 saturated carbocycles. The molecule has 0 amide bonds. The van der Waals surface area contributed by atoms with Crippen molar-refractivity contribution in [1.82, 2.24) is 10.3 Å². The van der Waals surface area contributed by atoms with Crippen molar-refractivity contribution in [3.05, 3.63) is 52.8 Å². The number of hydrogen-bond donors (Lipinski definition) is 2. The fourth-order valence-corrected chi connectivity index (χ4v) is 4.91. The summed E-state index contributed by atoms with van der Waals surface area (Å²) in [6, 6.07) is 10.6. The minimum absolute atomic E-state index is 0.0791. The first-order valence-corrected chi connectivity index (χ1v) is 12.5. The molecule has 1 atom stereocenters. The van der Waals surface area contributed by atoms with Crippen LogP contribution in [0.25, 0.3) is 0 Å². The number of hydrazone groups is 1. The van der Waals surface area contributed by atoms with E-state index in [2.05, 4.69) is 76.3 Å². The minimum Gasteiger partial charge on any atom is -0.375 e. The van der Waals surface area contributed by atoms with Crippen molar-refractivity contribution in [2.45, 2.75) is 26.3 Å². The summed E-state index contributed by atoms with van der Waals surface area (Å²) in [5.41, 5.74) is 14.2. The SMILES string of the molecule is Cc1ccc(N2CCN(c3cc(N4CCC(N(C)C)C4)c(C=NNC(N)=S)cc3F)CC2)cc1C. The second-order valence-electron chi connectivity index (χ2n) is 9.69. The van der Waals surface area contributed by atoms with Gasteiger partial charge in [0.25, 0.3) is 0 Å². The van der Waals surface area contributed by atoms with Crippen LogP contribution in [0.15, 0.2) is 35.4 Å². The summed E-state index contributed by atoms with van der Waals surface area (Å²) < 4.78 is 15.4. The standard InChI is InChI=1S/C26H36FN7S/c1-18-5-6-21(13-19(18)2)32-9-11-33(12-10-32)25-15-24(34-8-7-22(17-34)31(3)4)20(14-23(25)27)16-29-30-26(28)35/h5-6,13-16,22H,7-12,17H2,1-4H3,(H3,28,30,35). The van der Waals surface area contributed by atoms with Crippen LogP contribution in [0.3, 0.4) is 0 Å². The summed E-state index contributed by atoms with van der Waals surface area (Å²) in [6.45, 7) is 9.32. The number of aryl methyl sites for hydroxylation is 2. The molecule has 2 fully saturated rings. The molecule has 2 aromatic rings. The highest BCUT2D eigenvalue weighted by Gasteiger charge is 2.28. The number of hydrogen-bond acceptors (Lipinski definition) is 6. The van der Waals surface area contributed by atoms with Gasteiger partial charge in [0, 0.05) is 62.2 Å². The Morgan fingerprint density at radius 3 is 2.37 bits per heavy atom. The van der Waals surface area contributed by atoms with Gasteiger partial charge in [-0.25, -0.2) is 4.39 Å². The lowest BCUT2D eigenvalue weighted by Crippen LogP contribution is -2.47. The van der Waals surface area contributed by atoms with Crippen molar-refractivity contribution >= 4 is 40.6 Å². The highest BCUT2D eigenvalue weighted by molar-refractivity contribution is 7.80. The van der Waals surface area contributed by atoms with Gasteiger partial charge in [0.15, 0.2) is 5.11 Å². The Hall–Kier alpha value is -2.91. The van der Waals surface area contributed by atoms with Gasteiger partial charge in [-0.15, -0.1) is 0 Å². The summed E-state index contributed by atoms with van der Waals surface area (Å²) in [5, 5.41) is 4.18. The van der Waals surface area contributed by atoms with Gasteiger partial charge in [-0.2, -0.15) is 5.10 Å². The topological polar surface area (TPSA) is 63.4 Å². The number of anilines is 3. The maximum atomic E-state index is 15.4. The van der Waals surface area contributed by atoms with E-state index in [9.17, 15) is 0 Å². The molecule has 0 bridgehead atoms. The first kappa shape index (κ1) is 25.2. The highest BCUT2D eigenvalue weighted by atomic mass is 32.1. The predicted octanol–water partition coefficient (Wildman–Crippen LogP) is 3.08. The number of likely N-dealkylation sites (N-methyl/N-ethyl adjacent to an activating group) is 1. The monoisotopic (exact) mass is 497 g/mol. The van der Waals surface area contributed by atoms with E-state index in [1.54, 1.807) is 12.3 Å². The van der Waals surface area contributed by atoms with Gasteiger partial charge in [-0.3, -0.25) is 5.43 Å². The zero-order valence-electron chi connectivity index (χ0n) is 21.1. The van der Waals surface area contributed by atoms with Crippen molar-refractivity contribution < 1.29 is 4.39 Å². The van der Waals surface area contributed by atoms with E-state index in [-0.39, 0.29) is 10.9 Å². The Balaban J connectivity index is 1.56. The van der Waals surface area contributed by atoms with Crippen molar-refractivity contribution in [3.63, 3.8) is 0 Å². The fourth-order valence-electron chi connectivity index (χ4n) is 4.86. The lowest BCUT2D eigenvalue weighted by atomic mass is 10.1. The molecule has 2 aliphatic rings. The number of thiocarbonyl (C=S) groups is 1. The Morgan fingerprint density at radius 1 is 1.03 bits per heavy atom. The summed E-state index contributed by atoms with van der Waals surface area (Å²) in [6.07, 6.45) is 2.66. The van der Waals surface area contributed by atoms with Gasteiger partial charge in [-0.1, -0.05) is 6.07 Å². The van der Waals surface area contributed by atoms with E-state index >= 15 is 4.39 Å². The third-order valence-electron chi connectivity index (χ3n) is 7.18. The molecule has 35 heavy (non-hydrogen) atoms. The van der Waals surface area contributed by atoms with E-state index in [0.717, 1.165) is 51.4 Å². The first-order chi connectivity index (χ1) is 16.7.